The topological polar surface area (TPSA) is 471 Å². The van der Waals surface area contributed by atoms with Gasteiger partial charge < -0.3 is 157 Å². The SMILES string of the molecule is OC[C@H]1O[C@@H]2O[C@H]3[C@H](O)[C@@H](O)[C@H]4O[C@H]5[C@H](O)[C@@H](O)[C@@H](O[C@H]6[C@H](O)[C@@H](O)[C@@H](O[C@H]7[C@H](O)[C@@H](O)[C@@H](O[C@H]8[C@H](O)[C@@H](O)[C@@H](O[C@H]1[C@H](O)[C@H]2O)O[C@@H]8CO)O[C@@H]7COCC(OC1CCCCO1)COC[C@H]3O4)O[C@@H]6CO)O[C@@H]5CO. The van der Waals surface area contributed by atoms with Gasteiger partial charge in [-0.15, -0.1) is 0 Å². The summed E-state index contributed by atoms with van der Waals surface area (Å²) in [5, 5.41) is 181. The van der Waals surface area contributed by atoms with Crippen LogP contribution in [0.3, 0.4) is 0 Å². The van der Waals surface area contributed by atoms with E-state index < -0.39 is 236 Å². The molecule has 0 saturated carbocycles. The van der Waals surface area contributed by atoms with E-state index in [1.165, 1.54) is 0 Å². The number of ether oxygens (including phenoxy) is 16. The molecule has 14 fully saturated rings. The number of aliphatic hydroxyl groups is 16. The zero-order chi connectivity index (χ0) is 54.3. The van der Waals surface area contributed by atoms with E-state index in [4.69, 9.17) is 75.8 Å². The minimum atomic E-state index is -2.15. The smallest absolute Gasteiger partial charge is 0.187 e. The van der Waals surface area contributed by atoms with Gasteiger partial charge in [-0.25, -0.2) is 0 Å². The van der Waals surface area contributed by atoms with Gasteiger partial charge >= 0.3 is 0 Å². The molecular weight excluding hydrogens is 1040 g/mol. The van der Waals surface area contributed by atoms with Crippen LogP contribution in [0.15, 0.2) is 0 Å². The molecule has 14 saturated heterocycles. The minimum Gasteiger partial charge on any atom is -0.394 e. The molecule has 31 atom stereocenters. The van der Waals surface area contributed by atoms with Crippen molar-refractivity contribution in [2.75, 3.05) is 59.5 Å². The molecule has 0 aromatic heterocycles. The lowest BCUT2D eigenvalue weighted by atomic mass is 9.94. The number of fused-ring (bicyclic) bond motifs is 2. The van der Waals surface area contributed by atoms with Gasteiger partial charge in [-0.05, 0) is 19.3 Å². The summed E-state index contributed by atoms with van der Waals surface area (Å²) in [6.45, 7) is -5.52. The highest BCUT2D eigenvalue weighted by Gasteiger charge is 2.59. The van der Waals surface area contributed by atoms with E-state index in [1.54, 1.807) is 0 Å². The molecule has 14 aliphatic heterocycles. The molecule has 12 bridgehead atoms. The van der Waals surface area contributed by atoms with Gasteiger partial charge in [0.05, 0.1) is 52.9 Å². The third-order valence-electron chi connectivity index (χ3n) is 15.0. The zero-order valence-corrected chi connectivity index (χ0v) is 40.6. The fraction of sp³-hybridized carbons (Fsp3) is 1.00. The molecule has 0 radical (unpaired) electrons. The van der Waals surface area contributed by atoms with E-state index in [1.807, 2.05) is 0 Å². The van der Waals surface area contributed by atoms with Crippen LogP contribution in [0, 0.1) is 0 Å². The first-order valence-electron chi connectivity index (χ1n) is 25.3. The van der Waals surface area contributed by atoms with Crippen LogP contribution >= 0.6 is 0 Å². The van der Waals surface area contributed by atoms with Crippen LogP contribution in [0.5, 0.6) is 0 Å². The first kappa shape index (κ1) is 59.3. The monoisotopic (exact) mass is 1110 g/mol. The standard InChI is InChI=1S/C44H72O32/c45-5-14-33-23(51)29(57)41(67-14)75-37-18-11-61-9-13(64-20-3-1-2-4-63-20)10-62-12-19-38(26(54)32(60)44(70-19)73-35-16(7-47)65-39(71-33)27(55)21(35)49)76-42-30(58)24(52)34(15(6-46)68-42)72-40-28(56)22(50)36(17(8-48)66-40)74-43(69-18)31(59)25(37)53/h13-60H,1-12H2/t14-,15-,16-,17-,18-,19-,20?,21-,22-,23-,24-,25-,26-,27-,28-,29-,30-,31-,32-,33-,34-,35-,36-,37-,38-,39-,40-,41-,42-,43-,44-/m1/s1. The fourth-order valence-electron chi connectivity index (χ4n) is 10.7. The summed E-state index contributed by atoms with van der Waals surface area (Å²) in [7, 11) is 0. The highest BCUT2D eigenvalue weighted by atomic mass is 16.8. The van der Waals surface area contributed by atoms with E-state index >= 15 is 0 Å². The lowest BCUT2D eigenvalue weighted by molar-refractivity contribution is -0.404. The van der Waals surface area contributed by atoms with Crippen LogP contribution in [-0.2, 0) is 75.8 Å². The largest absolute Gasteiger partial charge is 0.394 e. The molecule has 440 valence electrons. The third kappa shape index (κ3) is 12.3. The Morgan fingerprint density at radius 2 is 0.605 bits per heavy atom. The van der Waals surface area contributed by atoms with Crippen molar-refractivity contribution in [2.24, 2.45) is 0 Å². The van der Waals surface area contributed by atoms with Crippen molar-refractivity contribution in [3.8, 4) is 0 Å². The third-order valence-corrected chi connectivity index (χ3v) is 15.0. The molecule has 0 spiro atoms. The van der Waals surface area contributed by atoms with Crippen molar-refractivity contribution in [3.63, 3.8) is 0 Å². The summed E-state index contributed by atoms with van der Waals surface area (Å²) in [6, 6.07) is 0. The molecule has 0 aromatic carbocycles. The maximum absolute atomic E-state index is 11.8. The second-order valence-electron chi connectivity index (χ2n) is 20.1. The van der Waals surface area contributed by atoms with E-state index in [0.29, 0.717) is 13.0 Å². The van der Waals surface area contributed by atoms with Crippen LogP contribution < -0.4 is 0 Å². The Balaban J connectivity index is 1.12. The van der Waals surface area contributed by atoms with Gasteiger partial charge in [0.15, 0.2) is 44.0 Å². The second-order valence-corrected chi connectivity index (χ2v) is 20.1. The maximum Gasteiger partial charge on any atom is 0.187 e. The Bertz CT molecular complexity index is 1670. The highest BCUT2D eigenvalue weighted by molar-refractivity contribution is 5.01. The van der Waals surface area contributed by atoms with Crippen LogP contribution in [-0.4, -0.2) is 338 Å². The van der Waals surface area contributed by atoms with E-state index in [0.717, 1.165) is 12.8 Å². The van der Waals surface area contributed by atoms with E-state index in [-0.39, 0.29) is 13.2 Å². The second kappa shape index (κ2) is 25.9. The molecular formula is C44H72O32. The lowest BCUT2D eigenvalue weighted by Gasteiger charge is -2.50. The minimum absolute atomic E-state index is 0.346. The molecule has 1 unspecified atom stereocenters. The molecule has 14 rings (SSSR count). The van der Waals surface area contributed by atoms with Crippen molar-refractivity contribution in [2.45, 2.75) is 216 Å². The summed E-state index contributed by atoms with van der Waals surface area (Å²) in [6.07, 6.45) is -57.9. The van der Waals surface area contributed by atoms with Crippen molar-refractivity contribution in [3.05, 3.63) is 0 Å². The highest BCUT2D eigenvalue weighted by Crippen LogP contribution is 2.38. The Morgan fingerprint density at radius 3 is 0.895 bits per heavy atom. The van der Waals surface area contributed by atoms with Crippen LogP contribution in [0.4, 0.5) is 0 Å². The Labute approximate surface area is 432 Å². The quantitative estimate of drug-likeness (QED) is 0.117. The van der Waals surface area contributed by atoms with Gasteiger partial charge in [0, 0.05) is 6.61 Å². The van der Waals surface area contributed by atoms with Crippen LogP contribution in [0.2, 0.25) is 0 Å². The summed E-state index contributed by atoms with van der Waals surface area (Å²) in [5.41, 5.74) is 0. The van der Waals surface area contributed by atoms with Crippen molar-refractivity contribution in [1.29, 1.82) is 0 Å². The van der Waals surface area contributed by atoms with Gasteiger partial charge in [0.25, 0.3) is 0 Å². The molecule has 32 nitrogen and oxygen atoms in total. The maximum atomic E-state index is 11.8. The molecule has 0 aliphatic carbocycles. The first-order chi connectivity index (χ1) is 36.5. The normalized spacial score (nSPS) is 54.2. The van der Waals surface area contributed by atoms with Gasteiger partial charge in [-0.3, -0.25) is 0 Å². The van der Waals surface area contributed by atoms with E-state index in [2.05, 4.69) is 0 Å². The summed E-state index contributed by atoms with van der Waals surface area (Å²) in [5.74, 6) is 0. The average molecular weight is 1110 g/mol. The predicted molar refractivity (Wildman–Crippen MR) is 232 cm³/mol. The van der Waals surface area contributed by atoms with Crippen molar-refractivity contribution >= 4 is 0 Å². The fourth-order valence-corrected chi connectivity index (χ4v) is 10.7. The van der Waals surface area contributed by atoms with Crippen molar-refractivity contribution in [1.82, 2.24) is 0 Å². The average Bonchev–Trinajstić information content (AvgIpc) is 3.41. The number of rotatable bonds is 6. The van der Waals surface area contributed by atoms with Crippen molar-refractivity contribution < 1.29 is 157 Å². The van der Waals surface area contributed by atoms with Gasteiger partial charge in [0.2, 0.25) is 0 Å². The molecule has 0 aromatic rings. The molecule has 32 heteroatoms. The predicted octanol–water partition coefficient (Wildman–Crippen LogP) is -11.1. The van der Waals surface area contributed by atoms with E-state index in [9.17, 15) is 81.7 Å². The van der Waals surface area contributed by atoms with Gasteiger partial charge in [0.1, 0.15) is 153 Å². The number of hydrogen-bond acceptors (Lipinski definition) is 32. The van der Waals surface area contributed by atoms with Gasteiger partial charge in [-0.1, -0.05) is 0 Å². The molecule has 76 heavy (non-hydrogen) atoms. The summed E-state index contributed by atoms with van der Waals surface area (Å²) < 4.78 is 95.4. The Kier molecular flexibility index (Phi) is 20.2. The Morgan fingerprint density at radius 1 is 0.316 bits per heavy atom. The number of aliphatic hydroxyl groups excluding tert-OH is 16. The number of hydrogen-bond donors (Lipinski definition) is 16. The Hall–Kier alpha value is -1.28. The van der Waals surface area contributed by atoms with Crippen LogP contribution in [0.1, 0.15) is 19.3 Å². The lowest BCUT2D eigenvalue weighted by Crippen LogP contribution is -2.69. The molecule has 16 N–H and O–H groups in total. The van der Waals surface area contributed by atoms with Gasteiger partial charge in [-0.2, -0.15) is 0 Å². The molecule has 0 amide bonds. The molecule has 14 aliphatic rings. The summed E-state index contributed by atoms with van der Waals surface area (Å²) in [4.78, 5) is 0. The molecule has 14 heterocycles. The van der Waals surface area contributed by atoms with Crippen LogP contribution in [0.25, 0.3) is 0 Å². The zero-order valence-electron chi connectivity index (χ0n) is 40.6. The summed E-state index contributed by atoms with van der Waals surface area (Å²) >= 11 is 0. The first-order valence-corrected chi connectivity index (χ1v) is 25.3.